The molecule has 40 heavy (non-hydrogen) atoms. The second-order valence-corrected chi connectivity index (χ2v) is 9.65. The fourth-order valence-electron chi connectivity index (χ4n) is 5.48. The van der Waals surface area contributed by atoms with Crippen LogP contribution in [-0.2, 0) is 22.6 Å². The summed E-state index contributed by atoms with van der Waals surface area (Å²) in [4.78, 5) is 53.8. The number of piperazine rings is 1. The van der Waals surface area contributed by atoms with Gasteiger partial charge in [0.1, 0.15) is 18.8 Å². The molecule has 2 heterocycles. The van der Waals surface area contributed by atoms with Crippen molar-refractivity contribution >= 4 is 34.3 Å². The van der Waals surface area contributed by atoms with Crippen LogP contribution in [0.3, 0.4) is 0 Å². The second-order valence-electron chi connectivity index (χ2n) is 9.65. The number of carbonyl (C=O) groups excluding carboxylic acids is 3. The van der Waals surface area contributed by atoms with Gasteiger partial charge in [-0.2, -0.15) is 10.3 Å². The first kappa shape index (κ1) is 26.6. The Labute approximate surface area is 230 Å². The molecule has 3 aromatic rings. The zero-order chi connectivity index (χ0) is 28.4. The quantitative estimate of drug-likeness (QED) is 0.275. The van der Waals surface area contributed by atoms with Crippen molar-refractivity contribution in [1.29, 1.82) is 5.26 Å². The first-order valence-corrected chi connectivity index (χ1v) is 12.7. The van der Waals surface area contributed by atoms with E-state index in [1.165, 1.54) is 34.1 Å². The lowest BCUT2D eigenvalue weighted by molar-refractivity contribution is -0.384. The Morgan fingerprint density at radius 1 is 1.12 bits per heavy atom. The van der Waals surface area contributed by atoms with Crippen LogP contribution in [0.25, 0.3) is 10.8 Å². The molecule has 2 aliphatic heterocycles. The molecule has 2 saturated heterocycles. The number of non-ortho nitro benzene ring substituents is 1. The van der Waals surface area contributed by atoms with E-state index >= 15 is 0 Å². The summed E-state index contributed by atoms with van der Waals surface area (Å²) in [5.41, 5.74) is 1.52. The lowest BCUT2D eigenvalue weighted by atomic mass is 9.99. The predicted molar refractivity (Wildman–Crippen MR) is 144 cm³/mol. The monoisotopic (exact) mass is 541 g/mol. The van der Waals surface area contributed by atoms with Crippen LogP contribution >= 0.6 is 0 Å². The van der Waals surface area contributed by atoms with Crippen LogP contribution in [0.15, 0.2) is 66.7 Å². The van der Waals surface area contributed by atoms with E-state index in [-0.39, 0.29) is 50.1 Å². The van der Waals surface area contributed by atoms with Crippen molar-refractivity contribution in [3.05, 3.63) is 88.0 Å². The average molecular weight is 542 g/mol. The van der Waals surface area contributed by atoms with E-state index in [4.69, 9.17) is 0 Å². The number of carbonyl (C=O) groups is 3. The van der Waals surface area contributed by atoms with E-state index in [1.807, 2.05) is 48.5 Å². The number of hydrogen-bond acceptors (Lipinski definition) is 7. The molecule has 12 nitrogen and oxygen atoms in total. The van der Waals surface area contributed by atoms with Crippen LogP contribution in [0.1, 0.15) is 11.1 Å². The van der Waals surface area contributed by atoms with Crippen molar-refractivity contribution < 1.29 is 19.3 Å². The highest BCUT2D eigenvalue weighted by Gasteiger charge is 2.52. The molecular weight excluding hydrogens is 514 g/mol. The number of benzene rings is 3. The molecule has 0 saturated carbocycles. The molecule has 0 aliphatic carbocycles. The summed E-state index contributed by atoms with van der Waals surface area (Å²) in [6.07, 6.45) is -0.550. The minimum atomic E-state index is -0.902. The molecular formula is C28H27N7O5. The molecule has 0 bridgehead atoms. The topological polar surface area (TPSA) is 143 Å². The third-order valence-electron chi connectivity index (χ3n) is 7.36. The van der Waals surface area contributed by atoms with Crippen molar-refractivity contribution in [2.75, 3.05) is 26.7 Å². The lowest BCUT2D eigenvalue weighted by Gasteiger charge is -2.46. The first-order valence-electron chi connectivity index (χ1n) is 12.7. The van der Waals surface area contributed by atoms with Gasteiger partial charge in [-0.3, -0.25) is 19.7 Å². The Morgan fingerprint density at radius 3 is 2.55 bits per heavy atom. The third-order valence-corrected chi connectivity index (χ3v) is 7.36. The number of nitro benzene ring substituents is 1. The minimum absolute atomic E-state index is 0.0738. The number of rotatable bonds is 7. The van der Waals surface area contributed by atoms with E-state index < -0.39 is 23.2 Å². The molecule has 2 fully saturated rings. The zero-order valence-electron chi connectivity index (χ0n) is 21.8. The van der Waals surface area contributed by atoms with Gasteiger partial charge in [0, 0.05) is 32.1 Å². The average Bonchev–Trinajstić information content (AvgIpc) is 3.29. The number of nitrogens with zero attached hydrogens (tertiary/aromatic N) is 6. The first-order chi connectivity index (χ1) is 19.3. The number of nitrogens with one attached hydrogen (secondary N) is 1. The van der Waals surface area contributed by atoms with Crippen LogP contribution in [-0.4, -0.2) is 81.5 Å². The van der Waals surface area contributed by atoms with Crippen molar-refractivity contribution in [2.45, 2.75) is 25.2 Å². The number of hydrogen-bond donors (Lipinski definition) is 1. The van der Waals surface area contributed by atoms with Gasteiger partial charge >= 0.3 is 6.03 Å². The summed E-state index contributed by atoms with van der Waals surface area (Å²) in [5.74, 6) is -0.605. The van der Waals surface area contributed by atoms with Crippen LogP contribution in [0.5, 0.6) is 0 Å². The highest BCUT2D eigenvalue weighted by molar-refractivity contribution is 5.92. The van der Waals surface area contributed by atoms with Gasteiger partial charge in [-0.25, -0.2) is 9.80 Å². The van der Waals surface area contributed by atoms with Gasteiger partial charge in [0.15, 0.2) is 0 Å². The maximum Gasteiger partial charge on any atom is 0.332 e. The molecule has 3 aromatic carbocycles. The van der Waals surface area contributed by atoms with Crippen molar-refractivity contribution in [1.82, 2.24) is 25.1 Å². The molecule has 1 N–H and O–H groups in total. The van der Waals surface area contributed by atoms with E-state index in [1.54, 1.807) is 17.0 Å². The minimum Gasteiger partial charge on any atom is -0.340 e. The van der Waals surface area contributed by atoms with Crippen molar-refractivity contribution in [3.63, 3.8) is 0 Å². The Hall–Kier alpha value is -5.02. The molecule has 0 spiro atoms. The summed E-state index contributed by atoms with van der Waals surface area (Å²) in [6.45, 7) is -0.0431. The van der Waals surface area contributed by atoms with Gasteiger partial charge in [-0.15, -0.1) is 0 Å². The van der Waals surface area contributed by atoms with Crippen molar-refractivity contribution in [2.24, 2.45) is 0 Å². The van der Waals surface area contributed by atoms with Gasteiger partial charge in [0.05, 0.1) is 24.1 Å². The number of fused-ring (bicyclic) bond motifs is 2. The standard InChI is InChI=1S/C28H27N7O5/c1-30-28(38)32(14-13-29)33-18-26(36)34-24(15-19-9-11-22(12-10-19)35(39)40)27(37)31(17-25(33)34)16-21-7-4-6-20-5-2-3-8-23(20)21/h2-12,24-25H,14-18H2,1H3,(H,30,38)/t24-,25+/m0/s1. The number of nitriles is 1. The maximum atomic E-state index is 14.0. The number of hydrazine groups is 1. The zero-order valence-corrected chi connectivity index (χ0v) is 21.8. The second kappa shape index (κ2) is 11.0. The number of urea groups is 1. The maximum absolute atomic E-state index is 14.0. The molecule has 0 unspecified atom stereocenters. The number of nitro groups is 1. The van der Waals surface area contributed by atoms with Crippen LogP contribution < -0.4 is 5.32 Å². The summed E-state index contributed by atoms with van der Waals surface area (Å²) < 4.78 is 0. The normalized spacial score (nSPS) is 18.9. The fraction of sp³-hybridized carbons (Fsp3) is 0.286. The smallest absolute Gasteiger partial charge is 0.332 e. The highest BCUT2D eigenvalue weighted by Crippen LogP contribution is 2.31. The molecule has 12 heteroatoms. The summed E-state index contributed by atoms with van der Waals surface area (Å²) in [5, 5.41) is 27.8. The van der Waals surface area contributed by atoms with Gasteiger partial charge < -0.3 is 15.1 Å². The summed E-state index contributed by atoms with van der Waals surface area (Å²) in [7, 11) is 1.44. The fourth-order valence-corrected chi connectivity index (χ4v) is 5.48. The van der Waals surface area contributed by atoms with Gasteiger partial charge in [0.25, 0.3) is 5.69 Å². The van der Waals surface area contributed by atoms with Crippen LogP contribution in [0.4, 0.5) is 10.5 Å². The molecule has 2 atom stereocenters. The highest BCUT2D eigenvalue weighted by atomic mass is 16.6. The largest absolute Gasteiger partial charge is 0.340 e. The Kier molecular flexibility index (Phi) is 7.31. The van der Waals surface area contributed by atoms with Gasteiger partial charge in [0.2, 0.25) is 11.8 Å². The Balaban J connectivity index is 1.52. The predicted octanol–water partition coefficient (Wildman–Crippen LogP) is 2.25. The molecule has 2 aliphatic rings. The lowest BCUT2D eigenvalue weighted by Crippen LogP contribution is -2.65. The molecule has 0 radical (unpaired) electrons. The molecule has 204 valence electrons. The molecule has 4 amide bonds. The van der Waals surface area contributed by atoms with Crippen LogP contribution in [0, 0.1) is 21.4 Å². The van der Waals surface area contributed by atoms with E-state index in [9.17, 15) is 29.8 Å². The Morgan fingerprint density at radius 2 is 1.85 bits per heavy atom. The van der Waals surface area contributed by atoms with Crippen LogP contribution in [0.2, 0.25) is 0 Å². The summed E-state index contributed by atoms with van der Waals surface area (Å²) >= 11 is 0. The Bertz CT molecular complexity index is 1510. The SMILES string of the molecule is CNC(=O)N(CC#N)N1CC(=O)N2[C@@H](Cc3ccc([N+](=O)[O-])cc3)C(=O)N(Cc3cccc4ccccc34)C[C@@H]21. The molecule has 5 rings (SSSR count). The van der Waals surface area contributed by atoms with Crippen molar-refractivity contribution in [3.8, 4) is 6.07 Å². The van der Waals surface area contributed by atoms with Gasteiger partial charge in [-0.1, -0.05) is 54.6 Å². The van der Waals surface area contributed by atoms with Gasteiger partial charge in [-0.05, 0) is 21.9 Å². The summed E-state index contributed by atoms with van der Waals surface area (Å²) in [6, 6.07) is 20.2. The number of amides is 4. The van der Waals surface area contributed by atoms with E-state index in [2.05, 4.69) is 5.32 Å². The third kappa shape index (κ3) is 4.90. The van der Waals surface area contributed by atoms with E-state index in [0.29, 0.717) is 5.56 Å². The van der Waals surface area contributed by atoms with E-state index in [0.717, 1.165) is 16.3 Å². The molecule has 0 aromatic heterocycles.